The van der Waals surface area contributed by atoms with Crippen molar-refractivity contribution in [1.29, 1.82) is 0 Å². The molecule has 0 amide bonds. The minimum Gasteiger partial charge on any atom is -0.310 e. The Balaban J connectivity index is 1.12. The molecule has 50 heavy (non-hydrogen) atoms. The lowest BCUT2D eigenvalue weighted by molar-refractivity contribution is 1.29. The van der Waals surface area contributed by atoms with Gasteiger partial charge in [-0.2, -0.15) is 0 Å². The predicted octanol–water partition coefficient (Wildman–Crippen LogP) is 14.5. The molecule has 2 aromatic heterocycles. The van der Waals surface area contributed by atoms with E-state index in [1.165, 1.54) is 51.1 Å². The zero-order chi connectivity index (χ0) is 33.0. The largest absolute Gasteiger partial charge is 0.310 e. The van der Waals surface area contributed by atoms with Crippen molar-refractivity contribution in [2.75, 3.05) is 9.80 Å². The standard InChI is InChI=1S/C46H30N2S2/c1-4-13-32(14-5-1)47(33-15-6-2-7-16-33)35-22-26-42-40(28-35)39-24-21-37(30-45(39)50-42)48(34-17-8-3-9-18-34)36-23-27-43-41(29-36)46-38-19-11-10-12-31(38)20-25-44(46)49-43/h1-30H. The molecule has 10 aromatic rings. The van der Waals surface area contributed by atoms with Crippen molar-refractivity contribution in [3.63, 3.8) is 0 Å². The lowest BCUT2D eigenvalue weighted by Gasteiger charge is -2.26. The van der Waals surface area contributed by atoms with Crippen LogP contribution in [-0.2, 0) is 0 Å². The van der Waals surface area contributed by atoms with E-state index >= 15 is 0 Å². The summed E-state index contributed by atoms with van der Waals surface area (Å²) in [5.41, 5.74) is 6.87. The van der Waals surface area contributed by atoms with Crippen LogP contribution < -0.4 is 9.80 Å². The van der Waals surface area contributed by atoms with Crippen LogP contribution >= 0.6 is 22.7 Å². The van der Waals surface area contributed by atoms with Gasteiger partial charge in [-0.1, -0.05) is 91.0 Å². The average molecular weight is 675 g/mol. The number of fused-ring (bicyclic) bond motifs is 8. The Kier molecular flexibility index (Phi) is 6.90. The zero-order valence-electron chi connectivity index (χ0n) is 27.0. The second-order valence-corrected chi connectivity index (χ2v) is 14.8. The van der Waals surface area contributed by atoms with Crippen LogP contribution in [0.3, 0.4) is 0 Å². The molecule has 0 saturated heterocycles. The first-order valence-corrected chi connectivity index (χ1v) is 18.5. The topological polar surface area (TPSA) is 6.48 Å². The molecule has 4 heteroatoms. The molecule has 10 rings (SSSR count). The van der Waals surface area contributed by atoms with Gasteiger partial charge >= 0.3 is 0 Å². The van der Waals surface area contributed by atoms with E-state index in [0.29, 0.717) is 0 Å². The summed E-state index contributed by atoms with van der Waals surface area (Å²) in [5.74, 6) is 0. The molecular weight excluding hydrogens is 645 g/mol. The molecule has 2 heterocycles. The van der Waals surface area contributed by atoms with Crippen molar-refractivity contribution in [3.8, 4) is 0 Å². The number of nitrogens with zero attached hydrogens (tertiary/aromatic N) is 2. The molecule has 0 spiro atoms. The van der Waals surface area contributed by atoms with E-state index in [9.17, 15) is 0 Å². The quantitative estimate of drug-likeness (QED) is 0.173. The highest BCUT2D eigenvalue weighted by molar-refractivity contribution is 7.26. The molecule has 2 nitrogen and oxygen atoms in total. The first kappa shape index (κ1) is 29.0. The summed E-state index contributed by atoms with van der Waals surface area (Å²) < 4.78 is 5.19. The second-order valence-electron chi connectivity index (χ2n) is 12.6. The van der Waals surface area contributed by atoms with Gasteiger partial charge < -0.3 is 9.80 Å². The van der Waals surface area contributed by atoms with Crippen LogP contribution in [-0.4, -0.2) is 0 Å². The van der Waals surface area contributed by atoms with Gasteiger partial charge in [-0.15, -0.1) is 22.7 Å². The third kappa shape index (κ3) is 4.84. The van der Waals surface area contributed by atoms with E-state index in [-0.39, 0.29) is 0 Å². The normalized spacial score (nSPS) is 11.6. The lowest BCUT2D eigenvalue weighted by Crippen LogP contribution is -2.09. The summed E-state index contributed by atoms with van der Waals surface area (Å²) >= 11 is 3.73. The molecule has 0 aliphatic carbocycles. The molecule has 8 aromatic carbocycles. The van der Waals surface area contributed by atoms with Crippen LogP contribution in [0.25, 0.3) is 51.1 Å². The van der Waals surface area contributed by atoms with Crippen LogP contribution in [0.1, 0.15) is 0 Å². The molecular formula is C46H30N2S2. The van der Waals surface area contributed by atoms with Crippen LogP contribution in [0, 0.1) is 0 Å². The zero-order valence-corrected chi connectivity index (χ0v) is 28.7. The third-order valence-electron chi connectivity index (χ3n) is 9.60. The summed E-state index contributed by atoms with van der Waals surface area (Å²) in [4.78, 5) is 4.73. The van der Waals surface area contributed by atoms with Crippen LogP contribution in [0.4, 0.5) is 34.1 Å². The van der Waals surface area contributed by atoms with Crippen molar-refractivity contribution in [3.05, 3.63) is 182 Å². The predicted molar refractivity (Wildman–Crippen MR) is 219 cm³/mol. The number of para-hydroxylation sites is 3. The Morgan fingerprint density at radius 1 is 0.280 bits per heavy atom. The molecule has 0 fully saturated rings. The molecule has 0 saturated carbocycles. The maximum absolute atomic E-state index is 2.40. The average Bonchev–Trinajstić information content (AvgIpc) is 3.74. The van der Waals surface area contributed by atoms with Crippen molar-refractivity contribution in [2.24, 2.45) is 0 Å². The number of hydrogen-bond acceptors (Lipinski definition) is 4. The highest BCUT2D eigenvalue weighted by atomic mass is 32.1. The first-order valence-electron chi connectivity index (χ1n) is 16.8. The number of thiophene rings is 2. The van der Waals surface area contributed by atoms with E-state index < -0.39 is 0 Å². The van der Waals surface area contributed by atoms with Gasteiger partial charge in [0.15, 0.2) is 0 Å². The number of rotatable bonds is 6. The first-order chi connectivity index (χ1) is 24.8. The van der Waals surface area contributed by atoms with Crippen molar-refractivity contribution in [2.45, 2.75) is 0 Å². The third-order valence-corrected chi connectivity index (χ3v) is 11.9. The highest BCUT2D eigenvalue weighted by Crippen LogP contribution is 2.45. The fraction of sp³-hybridized carbons (Fsp3) is 0. The van der Waals surface area contributed by atoms with E-state index in [1.807, 2.05) is 22.7 Å². The molecule has 0 aliphatic rings. The van der Waals surface area contributed by atoms with E-state index in [0.717, 1.165) is 34.1 Å². The van der Waals surface area contributed by atoms with Gasteiger partial charge in [-0.3, -0.25) is 0 Å². The van der Waals surface area contributed by atoms with Gasteiger partial charge in [0, 0.05) is 74.5 Å². The van der Waals surface area contributed by atoms with Gasteiger partial charge in [-0.05, 0) is 102 Å². The van der Waals surface area contributed by atoms with Gasteiger partial charge in [0.2, 0.25) is 0 Å². The molecule has 0 unspecified atom stereocenters. The highest BCUT2D eigenvalue weighted by Gasteiger charge is 2.18. The number of benzene rings is 8. The lowest BCUT2D eigenvalue weighted by atomic mass is 10.0. The van der Waals surface area contributed by atoms with Gasteiger partial charge in [-0.25, -0.2) is 0 Å². The Labute approximate surface area is 298 Å². The van der Waals surface area contributed by atoms with Crippen molar-refractivity contribution < 1.29 is 0 Å². The maximum atomic E-state index is 2.40. The van der Waals surface area contributed by atoms with Crippen LogP contribution in [0.15, 0.2) is 182 Å². The summed E-state index contributed by atoms with van der Waals surface area (Å²) in [6.07, 6.45) is 0. The minimum atomic E-state index is 1.14. The number of hydrogen-bond donors (Lipinski definition) is 0. The van der Waals surface area contributed by atoms with Crippen LogP contribution in [0.2, 0.25) is 0 Å². The maximum Gasteiger partial charge on any atom is 0.0476 e. The molecule has 0 bridgehead atoms. The van der Waals surface area contributed by atoms with E-state index in [4.69, 9.17) is 0 Å². The van der Waals surface area contributed by atoms with Gasteiger partial charge in [0.1, 0.15) is 0 Å². The summed E-state index contributed by atoms with van der Waals surface area (Å²) in [6, 6.07) is 66.0. The smallest absolute Gasteiger partial charge is 0.0476 e. The van der Waals surface area contributed by atoms with Crippen molar-refractivity contribution in [1.82, 2.24) is 0 Å². The fourth-order valence-electron chi connectivity index (χ4n) is 7.33. The monoisotopic (exact) mass is 674 g/mol. The Morgan fingerprint density at radius 3 is 1.42 bits per heavy atom. The molecule has 236 valence electrons. The van der Waals surface area contributed by atoms with Crippen molar-refractivity contribution >= 4 is 108 Å². The SMILES string of the molecule is c1ccc(N(c2ccccc2)c2ccc3sc4cc(N(c5ccccc5)c5ccc6sc7ccc8ccccc8c7c6c5)ccc4c3c2)cc1. The second kappa shape index (κ2) is 11.9. The van der Waals surface area contributed by atoms with Gasteiger partial charge in [0.25, 0.3) is 0 Å². The van der Waals surface area contributed by atoms with E-state index in [2.05, 4.69) is 192 Å². The van der Waals surface area contributed by atoms with Gasteiger partial charge in [0.05, 0.1) is 0 Å². The molecule has 0 aliphatic heterocycles. The Morgan fingerprint density at radius 2 is 0.760 bits per heavy atom. The fourth-order valence-corrected chi connectivity index (χ4v) is 9.55. The minimum absolute atomic E-state index is 1.14. The molecule has 0 atom stereocenters. The number of anilines is 6. The summed E-state index contributed by atoms with van der Waals surface area (Å²) in [5, 5.41) is 7.78. The van der Waals surface area contributed by atoms with E-state index in [1.54, 1.807) is 0 Å². The Bertz CT molecular complexity index is 2780. The summed E-state index contributed by atoms with van der Waals surface area (Å²) in [6.45, 7) is 0. The molecule has 0 N–H and O–H groups in total. The van der Waals surface area contributed by atoms with Crippen LogP contribution in [0.5, 0.6) is 0 Å². The Hall–Kier alpha value is -5.94. The summed E-state index contributed by atoms with van der Waals surface area (Å²) in [7, 11) is 0. The molecule has 0 radical (unpaired) electrons.